The fourth-order valence-corrected chi connectivity index (χ4v) is 5.96. The molecule has 2 heteroatoms. The first-order valence-electron chi connectivity index (χ1n) is 15.6. The molecule has 0 amide bonds. The van der Waals surface area contributed by atoms with E-state index in [2.05, 4.69) is 134 Å². The Morgan fingerprint density at radius 2 is 0.854 bits per heavy atom. The van der Waals surface area contributed by atoms with Crippen molar-refractivity contribution in [3.05, 3.63) is 68.8 Å². The van der Waals surface area contributed by atoms with E-state index in [1.807, 2.05) is 0 Å². The molecule has 2 nitrogen and oxygen atoms in total. The molecule has 1 aliphatic rings. The molecule has 3 rings (SSSR count). The second-order valence-electron chi connectivity index (χ2n) is 16.5. The summed E-state index contributed by atoms with van der Waals surface area (Å²) in [7, 11) is 0. The molecular weight excluding hydrogens is 496 g/mol. The summed E-state index contributed by atoms with van der Waals surface area (Å²) in [6, 6.07) is 10.0. The molecule has 0 aromatic heterocycles. The van der Waals surface area contributed by atoms with Gasteiger partial charge in [-0.25, -0.2) is 0 Å². The van der Waals surface area contributed by atoms with Gasteiger partial charge in [0.05, 0.1) is 12.1 Å². The van der Waals surface area contributed by atoms with Crippen LogP contribution in [-0.4, -0.2) is 24.5 Å². The zero-order valence-electron chi connectivity index (χ0n) is 28.3. The summed E-state index contributed by atoms with van der Waals surface area (Å²) in [6.07, 6.45) is 9.01. The van der Waals surface area contributed by atoms with Crippen LogP contribution in [0.1, 0.15) is 161 Å². The summed E-state index contributed by atoms with van der Waals surface area (Å²) in [6.45, 7) is 32.3. The minimum Gasteiger partial charge on any atom is -0.287 e. The van der Waals surface area contributed by atoms with Crippen LogP contribution in [0.2, 0.25) is 0 Å². The van der Waals surface area contributed by atoms with Crippen LogP contribution in [0.15, 0.2) is 34.3 Å². The van der Waals surface area contributed by atoms with E-state index in [9.17, 15) is 0 Å². The van der Waals surface area contributed by atoms with Crippen LogP contribution in [0.4, 0.5) is 0 Å². The average Bonchev–Trinajstić information content (AvgIpc) is 2.80. The molecule has 1 aliphatic carbocycles. The van der Waals surface area contributed by atoms with Gasteiger partial charge in [-0.1, -0.05) is 115 Å². The number of hydrogen-bond acceptors (Lipinski definition) is 2. The first kappa shape index (κ1) is 35.0. The van der Waals surface area contributed by atoms with E-state index < -0.39 is 0 Å². The zero-order valence-corrected chi connectivity index (χ0v) is 28.3. The van der Waals surface area contributed by atoms with Crippen LogP contribution in [0.25, 0.3) is 0 Å². The van der Waals surface area contributed by atoms with Gasteiger partial charge in [-0.05, 0) is 105 Å². The van der Waals surface area contributed by atoms with E-state index in [-0.39, 0.29) is 41.2 Å². The summed E-state index contributed by atoms with van der Waals surface area (Å²) in [4.78, 5) is 10.5. The molecule has 0 unspecified atom stereocenters. The van der Waals surface area contributed by atoms with Gasteiger partial charge in [0.2, 0.25) is 0 Å². The first-order chi connectivity index (χ1) is 18.2. The van der Waals surface area contributed by atoms with Gasteiger partial charge in [0.1, 0.15) is 0 Å². The van der Waals surface area contributed by atoms with E-state index >= 15 is 0 Å². The molecule has 0 saturated heterocycles. The van der Waals surface area contributed by atoms with Crippen LogP contribution in [-0.2, 0) is 21.7 Å². The molecular formula is C39H62N2. The Morgan fingerprint density at radius 1 is 0.537 bits per heavy atom. The van der Waals surface area contributed by atoms with E-state index in [0.29, 0.717) is 0 Å². The van der Waals surface area contributed by atoms with E-state index in [1.54, 1.807) is 0 Å². The van der Waals surface area contributed by atoms with Gasteiger partial charge in [0.25, 0.3) is 0 Å². The normalized spacial score (nSPS) is 19.2. The molecule has 0 aliphatic heterocycles. The molecule has 0 N–H and O–H groups in total. The molecule has 2 atom stereocenters. The maximum atomic E-state index is 5.25. The molecule has 0 heterocycles. The molecule has 228 valence electrons. The molecule has 0 bridgehead atoms. The molecule has 2 aromatic rings. The summed E-state index contributed by atoms with van der Waals surface area (Å²) in [5.74, 6) is 0. The van der Waals surface area contributed by atoms with Crippen LogP contribution < -0.4 is 0 Å². The third-order valence-electron chi connectivity index (χ3n) is 8.75. The van der Waals surface area contributed by atoms with E-state index in [4.69, 9.17) is 9.98 Å². The van der Waals surface area contributed by atoms with Crippen molar-refractivity contribution in [3.63, 3.8) is 0 Å². The van der Waals surface area contributed by atoms with Crippen molar-refractivity contribution < 1.29 is 0 Å². The van der Waals surface area contributed by atoms with Crippen molar-refractivity contribution in [2.75, 3.05) is 0 Å². The van der Waals surface area contributed by atoms with Crippen molar-refractivity contribution in [2.45, 2.75) is 164 Å². The lowest BCUT2D eigenvalue weighted by Gasteiger charge is -2.29. The largest absolute Gasteiger partial charge is 0.287 e. The second kappa shape index (κ2) is 12.6. The fraction of sp³-hybridized carbons (Fsp3) is 0.641. The van der Waals surface area contributed by atoms with Crippen molar-refractivity contribution in [1.82, 2.24) is 0 Å². The second-order valence-corrected chi connectivity index (χ2v) is 16.5. The van der Waals surface area contributed by atoms with Gasteiger partial charge in [0, 0.05) is 12.4 Å². The molecule has 0 spiro atoms. The van der Waals surface area contributed by atoms with Crippen LogP contribution in [0, 0.1) is 13.8 Å². The molecule has 41 heavy (non-hydrogen) atoms. The van der Waals surface area contributed by atoms with Crippen molar-refractivity contribution in [1.29, 1.82) is 0 Å². The van der Waals surface area contributed by atoms with Crippen molar-refractivity contribution >= 4 is 12.4 Å². The zero-order chi connectivity index (χ0) is 30.3. The lowest BCUT2D eigenvalue weighted by Crippen LogP contribution is -2.27. The first-order valence-corrected chi connectivity index (χ1v) is 15.6. The lowest BCUT2D eigenvalue weighted by molar-refractivity contribution is 0.390. The number of aliphatic imine (C=N–C) groups is 2. The minimum absolute atomic E-state index is 0. The quantitative estimate of drug-likeness (QED) is 0.333. The Labute approximate surface area is 254 Å². The Kier molecular flexibility index (Phi) is 10.7. The van der Waals surface area contributed by atoms with Gasteiger partial charge in [-0.2, -0.15) is 0 Å². The van der Waals surface area contributed by atoms with Crippen molar-refractivity contribution in [3.8, 4) is 0 Å². The highest BCUT2D eigenvalue weighted by Crippen LogP contribution is 2.35. The van der Waals surface area contributed by atoms with Crippen LogP contribution >= 0.6 is 0 Å². The standard InChI is InChI=1S/C38H58N2.CH4/c1-25-27(19-29(35(3,4)5)21-31(25)37(9,10)11)23-39-33-17-15-16-18-34(33)40-24-28-20-30(36(6,7)8)22-32(26(28)2)38(12,13)14;/h19-24,33-34H,15-18H2,1-14H3;1H4/t33-,34-;/m0./s1. The summed E-state index contributed by atoms with van der Waals surface area (Å²) >= 11 is 0. The average molecular weight is 559 g/mol. The SMILES string of the molecule is C.Cc1c(C=N[C@H]2CCCC[C@@H]2N=Cc2cc(C(C)(C)C)cc(C(C)(C)C)c2C)cc(C(C)(C)C)cc1C(C)(C)C. The van der Waals surface area contributed by atoms with Crippen LogP contribution in [0.3, 0.4) is 0 Å². The Hall–Kier alpha value is -2.22. The Morgan fingerprint density at radius 3 is 1.12 bits per heavy atom. The smallest absolute Gasteiger partial charge is 0.0723 e. The number of hydrogen-bond donors (Lipinski definition) is 0. The molecule has 1 saturated carbocycles. The van der Waals surface area contributed by atoms with E-state index in [0.717, 1.165) is 12.8 Å². The molecule has 1 fully saturated rings. The van der Waals surface area contributed by atoms with Gasteiger partial charge in [-0.15, -0.1) is 0 Å². The maximum absolute atomic E-state index is 5.25. The van der Waals surface area contributed by atoms with Gasteiger partial charge >= 0.3 is 0 Å². The van der Waals surface area contributed by atoms with Gasteiger partial charge in [0.15, 0.2) is 0 Å². The monoisotopic (exact) mass is 558 g/mol. The maximum Gasteiger partial charge on any atom is 0.0723 e. The van der Waals surface area contributed by atoms with E-state index in [1.165, 1.54) is 57.3 Å². The van der Waals surface area contributed by atoms with Gasteiger partial charge in [-0.3, -0.25) is 9.98 Å². The minimum atomic E-state index is 0. The lowest BCUT2D eigenvalue weighted by atomic mass is 9.77. The van der Waals surface area contributed by atoms with Crippen molar-refractivity contribution in [2.24, 2.45) is 9.98 Å². The highest BCUT2D eigenvalue weighted by molar-refractivity contribution is 5.84. The molecule has 2 aromatic carbocycles. The number of benzene rings is 2. The number of rotatable bonds is 4. The highest BCUT2D eigenvalue weighted by atomic mass is 14.9. The third kappa shape index (κ3) is 8.65. The number of nitrogens with zero attached hydrogens (tertiary/aromatic N) is 2. The Balaban J connectivity index is 0.00000588. The summed E-state index contributed by atoms with van der Waals surface area (Å²) < 4.78 is 0. The predicted octanol–water partition coefficient (Wildman–Crippen LogP) is 11.0. The summed E-state index contributed by atoms with van der Waals surface area (Å²) in [5, 5.41) is 0. The predicted molar refractivity (Wildman–Crippen MR) is 185 cm³/mol. The third-order valence-corrected chi connectivity index (χ3v) is 8.75. The summed E-state index contributed by atoms with van der Waals surface area (Å²) in [5.41, 5.74) is 11.2. The Bertz CT molecular complexity index is 1150. The van der Waals surface area contributed by atoms with Gasteiger partial charge < -0.3 is 0 Å². The topological polar surface area (TPSA) is 24.7 Å². The fourth-order valence-electron chi connectivity index (χ4n) is 5.96. The molecule has 0 radical (unpaired) electrons. The van der Waals surface area contributed by atoms with Crippen LogP contribution in [0.5, 0.6) is 0 Å². The highest BCUT2D eigenvalue weighted by Gasteiger charge is 2.27.